The van der Waals surface area contributed by atoms with Crippen molar-refractivity contribution in [1.82, 2.24) is 15.2 Å². The number of hydrogen-bond donors (Lipinski definition) is 2. The van der Waals surface area contributed by atoms with Gasteiger partial charge in [-0.1, -0.05) is 23.7 Å². The van der Waals surface area contributed by atoms with E-state index in [9.17, 15) is 9.59 Å². The first kappa shape index (κ1) is 24.2. The lowest BCUT2D eigenvalue weighted by Gasteiger charge is -2.31. The molecule has 3 rings (SSSR count). The summed E-state index contributed by atoms with van der Waals surface area (Å²) >= 11 is 5.91. The maximum atomic E-state index is 12.7. The number of likely N-dealkylation sites (tertiary alicyclic amines) is 1. The lowest BCUT2D eigenvalue weighted by atomic mass is 10.1. The van der Waals surface area contributed by atoms with Gasteiger partial charge < -0.3 is 20.8 Å². The smallest absolute Gasteiger partial charge is 0.270 e. The Hall–Kier alpha value is -3.46. The first-order valence-electron chi connectivity index (χ1n) is 10.6. The first-order valence-corrected chi connectivity index (χ1v) is 10.9. The van der Waals surface area contributed by atoms with Crippen LogP contribution in [0.25, 0.3) is 0 Å². The van der Waals surface area contributed by atoms with Gasteiger partial charge in [0.1, 0.15) is 23.3 Å². The molecular weight excluding hydrogens is 444 g/mol. The Bertz CT molecular complexity index is 1050. The molecule has 1 aliphatic rings. The molecule has 0 atom stereocenters. The van der Waals surface area contributed by atoms with Crippen molar-refractivity contribution in [3.05, 3.63) is 58.4 Å². The van der Waals surface area contributed by atoms with Crippen LogP contribution in [-0.2, 0) is 11.3 Å². The Morgan fingerprint density at radius 2 is 2.00 bits per heavy atom. The maximum Gasteiger partial charge on any atom is 0.270 e. The Labute approximate surface area is 197 Å². The van der Waals surface area contributed by atoms with E-state index < -0.39 is 0 Å². The number of benzene rings is 1. The maximum absolute atomic E-state index is 12.7. The minimum Gasteiger partial charge on any atom is -0.489 e. The zero-order valence-electron chi connectivity index (χ0n) is 18.6. The van der Waals surface area contributed by atoms with Gasteiger partial charge in [-0.05, 0) is 17.7 Å². The van der Waals surface area contributed by atoms with Crippen molar-refractivity contribution in [3.63, 3.8) is 0 Å². The van der Waals surface area contributed by atoms with Crippen molar-refractivity contribution >= 4 is 35.3 Å². The van der Waals surface area contributed by atoms with Crippen molar-refractivity contribution < 1.29 is 14.3 Å². The van der Waals surface area contributed by atoms with Gasteiger partial charge in [-0.15, -0.1) is 0 Å². The van der Waals surface area contributed by atoms with E-state index in [0.717, 1.165) is 5.56 Å². The van der Waals surface area contributed by atoms with Gasteiger partial charge >= 0.3 is 0 Å². The molecule has 0 saturated carbocycles. The SMILES string of the molecule is CN=C/C(=N\N)c1cnc(C(=O)NCc2ccc(Cl)cc2)cc1OC1CCN(C(C)=O)CC1. The van der Waals surface area contributed by atoms with Crippen LogP contribution in [0.2, 0.25) is 5.02 Å². The third-order valence-corrected chi connectivity index (χ3v) is 5.56. The fourth-order valence-electron chi connectivity index (χ4n) is 3.49. The summed E-state index contributed by atoms with van der Waals surface area (Å²) in [7, 11) is 1.61. The summed E-state index contributed by atoms with van der Waals surface area (Å²) in [5.41, 5.74) is 2.03. The fourth-order valence-corrected chi connectivity index (χ4v) is 3.61. The summed E-state index contributed by atoms with van der Waals surface area (Å²) in [5, 5.41) is 7.25. The van der Waals surface area contributed by atoms with Gasteiger partial charge in [0.15, 0.2) is 0 Å². The highest BCUT2D eigenvalue weighted by molar-refractivity contribution is 6.38. The number of aromatic nitrogens is 1. The minimum absolute atomic E-state index is 0.0504. The van der Waals surface area contributed by atoms with Crippen LogP contribution in [0.15, 0.2) is 46.6 Å². The Balaban J connectivity index is 1.79. The number of aliphatic imine (C=N–C) groups is 1. The monoisotopic (exact) mass is 470 g/mol. The van der Waals surface area contributed by atoms with Gasteiger partial charge in [0.2, 0.25) is 5.91 Å². The second-order valence-electron chi connectivity index (χ2n) is 7.60. The largest absolute Gasteiger partial charge is 0.489 e. The number of carbonyl (C=O) groups excluding carboxylic acids is 2. The van der Waals surface area contributed by atoms with Crippen LogP contribution in [0, 0.1) is 0 Å². The average Bonchev–Trinajstić information content (AvgIpc) is 2.82. The molecule has 0 bridgehead atoms. The topological polar surface area (TPSA) is 122 Å². The minimum atomic E-state index is -0.344. The van der Waals surface area contributed by atoms with Crippen LogP contribution < -0.4 is 15.9 Å². The highest BCUT2D eigenvalue weighted by Gasteiger charge is 2.24. The van der Waals surface area contributed by atoms with Crippen LogP contribution in [0.5, 0.6) is 5.75 Å². The number of ether oxygens (including phenoxy) is 1. The molecule has 0 unspecified atom stereocenters. The number of nitrogens with two attached hydrogens (primary N) is 1. The van der Waals surface area contributed by atoms with Crippen molar-refractivity contribution in [2.75, 3.05) is 20.1 Å². The second kappa shape index (κ2) is 11.4. The van der Waals surface area contributed by atoms with Crippen molar-refractivity contribution in [2.24, 2.45) is 15.9 Å². The molecule has 2 heterocycles. The molecule has 9 nitrogen and oxygen atoms in total. The van der Waals surface area contributed by atoms with Gasteiger partial charge in [-0.2, -0.15) is 5.10 Å². The van der Waals surface area contributed by atoms with Gasteiger partial charge in [0.25, 0.3) is 5.91 Å². The number of halogens is 1. The molecule has 2 aromatic rings. The van der Waals surface area contributed by atoms with Gasteiger partial charge in [0, 0.05) is 69.9 Å². The van der Waals surface area contributed by atoms with Crippen LogP contribution >= 0.6 is 11.6 Å². The summed E-state index contributed by atoms with van der Waals surface area (Å²) in [5.74, 6) is 5.69. The zero-order chi connectivity index (χ0) is 23.8. The number of nitrogens with zero attached hydrogens (tertiary/aromatic N) is 4. The standard InChI is InChI=1S/C23H27ClN6O3/c1-15(31)30-9-7-18(8-10-30)33-22-11-20(27-13-19(22)21(29-25)14-26-2)23(32)28-12-16-3-5-17(24)6-4-16/h3-6,11,13-14,18H,7-10,12,25H2,1-2H3,(H,28,32)/b26-14?,29-21+. The fraction of sp³-hybridized carbons (Fsp3) is 0.348. The summed E-state index contributed by atoms with van der Waals surface area (Å²) in [6, 6.07) is 8.80. The molecule has 1 fully saturated rings. The highest BCUT2D eigenvalue weighted by atomic mass is 35.5. The van der Waals surface area contributed by atoms with E-state index in [1.54, 1.807) is 37.1 Å². The van der Waals surface area contributed by atoms with Crippen molar-refractivity contribution in [1.29, 1.82) is 0 Å². The van der Waals surface area contributed by atoms with E-state index in [4.69, 9.17) is 22.2 Å². The van der Waals surface area contributed by atoms with Crippen molar-refractivity contribution in [3.8, 4) is 5.75 Å². The van der Waals surface area contributed by atoms with E-state index in [1.165, 1.54) is 12.4 Å². The van der Waals surface area contributed by atoms with Crippen LogP contribution in [-0.4, -0.2) is 59.9 Å². The molecule has 0 aliphatic carbocycles. The Kier molecular flexibility index (Phi) is 8.37. The molecule has 2 amide bonds. The number of carbonyl (C=O) groups is 2. The number of piperidine rings is 1. The predicted molar refractivity (Wildman–Crippen MR) is 128 cm³/mol. The van der Waals surface area contributed by atoms with Crippen LogP contribution in [0.4, 0.5) is 0 Å². The number of nitrogens with one attached hydrogen (secondary N) is 1. The van der Waals surface area contributed by atoms with Crippen molar-refractivity contribution in [2.45, 2.75) is 32.4 Å². The number of hydrazone groups is 1. The van der Waals surface area contributed by atoms with Gasteiger partial charge in [-0.25, -0.2) is 0 Å². The van der Waals surface area contributed by atoms with Gasteiger partial charge in [0.05, 0.1) is 5.56 Å². The summed E-state index contributed by atoms with van der Waals surface area (Å²) in [6.45, 7) is 3.12. The summed E-state index contributed by atoms with van der Waals surface area (Å²) < 4.78 is 6.24. The average molecular weight is 471 g/mol. The van der Waals surface area contributed by atoms with E-state index >= 15 is 0 Å². The lowest BCUT2D eigenvalue weighted by molar-refractivity contribution is -0.130. The number of pyridine rings is 1. The third kappa shape index (κ3) is 6.52. The molecule has 0 radical (unpaired) electrons. The molecule has 10 heteroatoms. The molecule has 3 N–H and O–H groups in total. The van der Waals surface area contributed by atoms with E-state index in [0.29, 0.717) is 54.5 Å². The van der Waals surface area contributed by atoms with Gasteiger partial charge in [-0.3, -0.25) is 19.6 Å². The molecule has 1 saturated heterocycles. The van der Waals surface area contributed by atoms with E-state index in [2.05, 4.69) is 20.4 Å². The first-order chi connectivity index (χ1) is 15.9. The van der Waals surface area contributed by atoms with E-state index in [1.807, 2.05) is 12.1 Å². The quantitative estimate of drug-likeness (QED) is 0.365. The molecule has 1 aliphatic heterocycles. The molecular formula is C23H27ClN6O3. The Morgan fingerprint density at radius 3 is 2.61 bits per heavy atom. The Morgan fingerprint density at radius 1 is 1.30 bits per heavy atom. The molecule has 1 aromatic heterocycles. The zero-order valence-corrected chi connectivity index (χ0v) is 19.4. The summed E-state index contributed by atoms with van der Waals surface area (Å²) in [4.78, 5) is 34.4. The number of amides is 2. The molecule has 33 heavy (non-hydrogen) atoms. The molecule has 0 spiro atoms. The second-order valence-corrected chi connectivity index (χ2v) is 8.04. The normalized spacial score (nSPS) is 15.0. The van der Waals surface area contributed by atoms with Crippen LogP contribution in [0.3, 0.4) is 0 Å². The number of rotatable bonds is 7. The van der Waals surface area contributed by atoms with E-state index in [-0.39, 0.29) is 23.6 Å². The van der Waals surface area contributed by atoms with Crippen LogP contribution in [0.1, 0.15) is 41.4 Å². The third-order valence-electron chi connectivity index (χ3n) is 5.31. The highest BCUT2D eigenvalue weighted by Crippen LogP contribution is 2.24. The number of hydrogen-bond acceptors (Lipinski definition) is 7. The summed E-state index contributed by atoms with van der Waals surface area (Å²) in [6.07, 6.45) is 4.24. The molecule has 174 valence electrons. The molecule has 1 aromatic carbocycles. The predicted octanol–water partition coefficient (Wildman–Crippen LogP) is 2.42. The lowest BCUT2D eigenvalue weighted by Crippen LogP contribution is -2.40.